The molecule has 3 nitrogen and oxygen atoms in total. The highest BCUT2D eigenvalue weighted by Crippen LogP contribution is 2.32. The summed E-state index contributed by atoms with van der Waals surface area (Å²) >= 11 is 0. The third-order valence-electron chi connectivity index (χ3n) is 4.96. The molecule has 1 heterocycles. The van der Waals surface area contributed by atoms with Crippen LogP contribution in [0.25, 0.3) is 0 Å². The molecule has 114 valence electrons. The Kier molecular flexibility index (Phi) is 4.59. The van der Waals surface area contributed by atoms with Crippen molar-refractivity contribution in [2.45, 2.75) is 63.9 Å². The van der Waals surface area contributed by atoms with Gasteiger partial charge in [-0.2, -0.15) is 0 Å². The van der Waals surface area contributed by atoms with Crippen LogP contribution in [0.3, 0.4) is 0 Å². The van der Waals surface area contributed by atoms with Gasteiger partial charge in [0.25, 0.3) is 0 Å². The lowest BCUT2D eigenvalue weighted by Crippen LogP contribution is -2.09. The first-order valence-corrected chi connectivity index (χ1v) is 8.33. The molecular weight excluding hydrogens is 262 g/mol. The third-order valence-corrected chi connectivity index (χ3v) is 4.96. The lowest BCUT2D eigenvalue weighted by molar-refractivity contribution is -0.116. The summed E-state index contributed by atoms with van der Waals surface area (Å²) in [4.78, 5) is 11.6. The summed E-state index contributed by atoms with van der Waals surface area (Å²) < 4.78 is 0. The molecule has 1 aromatic carbocycles. The van der Waals surface area contributed by atoms with Crippen molar-refractivity contribution >= 4 is 11.6 Å². The molecule has 21 heavy (non-hydrogen) atoms. The molecule has 0 bridgehead atoms. The van der Waals surface area contributed by atoms with Gasteiger partial charge in [-0.25, -0.2) is 0 Å². The molecule has 0 spiro atoms. The lowest BCUT2D eigenvalue weighted by atomic mass is 9.95. The van der Waals surface area contributed by atoms with Crippen LogP contribution in [-0.2, 0) is 11.2 Å². The summed E-state index contributed by atoms with van der Waals surface area (Å²) in [6.07, 6.45) is 9.41. The molecule has 0 radical (unpaired) electrons. The lowest BCUT2D eigenvalue weighted by Gasteiger charge is -2.16. The number of fused-ring (bicyclic) bond motifs is 1. The van der Waals surface area contributed by atoms with E-state index >= 15 is 0 Å². The Morgan fingerprint density at radius 1 is 1.19 bits per heavy atom. The maximum atomic E-state index is 11.6. The predicted molar refractivity (Wildman–Crippen MR) is 84.2 cm³/mol. The minimum absolute atomic E-state index is 0.100. The molecule has 2 aliphatic rings. The van der Waals surface area contributed by atoms with Crippen molar-refractivity contribution in [3.8, 4) is 0 Å². The zero-order chi connectivity index (χ0) is 14.7. The van der Waals surface area contributed by atoms with E-state index in [9.17, 15) is 9.90 Å². The molecule has 3 rings (SSSR count). The highest BCUT2D eigenvalue weighted by atomic mass is 16.3. The summed E-state index contributed by atoms with van der Waals surface area (Å²) in [6, 6.07) is 6.00. The van der Waals surface area contributed by atoms with Crippen LogP contribution in [0.5, 0.6) is 0 Å². The Bertz CT molecular complexity index is 506. The van der Waals surface area contributed by atoms with Crippen LogP contribution < -0.4 is 5.32 Å². The fourth-order valence-corrected chi connectivity index (χ4v) is 3.66. The van der Waals surface area contributed by atoms with E-state index in [0.29, 0.717) is 6.42 Å². The maximum absolute atomic E-state index is 11.6. The van der Waals surface area contributed by atoms with E-state index in [0.717, 1.165) is 42.9 Å². The van der Waals surface area contributed by atoms with E-state index in [1.807, 2.05) is 12.1 Å². The molecule has 1 aliphatic carbocycles. The van der Waals surface area contributed by atoms with Gasteiger partial charge in [0.05, 0.1) is 6.10 Å². The van der Waals surface area contributed by atoms with Gasteiger partial charge in [-0.15, -0.1) is 0 Å². The molecular formula is C18H25NO2. The van der Waals surface area contributed by atoms with Gasteiger partial charge < -0.3 is 10.4 Å². The molecule has 1 unspecified atom stereocenters. The summed E-state index contributed by atoms with van der Waals surface area (Å²) in [5.74, 6) is 0.919. The number of carbonyl (C=O) groups is 1. The van der Waals surface area contributed by atoms with Crippen molar-refractivity contribution in [1.82, 2.24) is 0 Å². The van der Waals surface area contributed by atoms with Gasteiger partial charge in [0.15, 0.2) is 0 Å². The van der Waals surface area contributed by atoms with Gasteiger partial charge >= 0.3 is 0 Å². The second kappa shape index (κ2) is 6.61. The number of rotatable bonds is 4. The Labute approximate surface area is 126 Å². The average molecular weight is 287 g/mol. The van der Waals surface area contributed by atoms with Crippen molar-refractivity contribution in [2.75, 3.05) is 5.32 Å². The monoisotopic (exact) mass is 287 g/mol. The molecule has 1 fully saturated rings. The fourth-order valence-electron chi connectivity index (χ4n) is 3.66. The molecule has 1 aromatic rings. The summed E-state index contributed by atoms with van der Waals surface area (Å²) in [7, 11) is 0. The van der Waals surface area contributed by atoms with Crippen LogP contribution in [0.1, 0.15) is 68.6 Å². The van der Waals surface area contributed by atoms with Crippen molar-refractivity contribution in [2.24, 2.45) is 5.92 Å². The molecule has 2 N–H and O–H groups in total. The minimum Gasteiger partial charge on any atom is -0.388 e. The zero-order valence-corrected chi connectivity index (χ0v) is 12.6. The average Bonchev–Trinajstić information content (AvgIpc) is 2.92. The Balaban J connectivity index is 1.64. The summed E-state index contributed by atoms with van der Waals surface area (Å²) in [5.41, 5.74) is 3.09. The number of nitrogens with one attached hydrogen (secondary N) is 1. The van der Waals surface area contributed by atoms with Gasteiger partial charge in [0.1, 0.15) is 0 Å². The first kappa shape index (κ1) is 14.6. The number of hydrogen-bond acceptors (Lipinski definition) is 2. The topological polar surface area (TPSA) is 49.3 Å². The van der Waals surface area contributed by atoms with E-state index in [-0.39, 0.29) is 12.0 Å². The molecule has 0 aromatic heterocycles. The fraction of sp³-hybridized carbons (Fsp3) is 0.611. The van der Waals surface area contributed by atoms with Crippen molar-refractivity contribution in [3.63, 3.8) is 0 Å². The summed E-state index contributed by atoms with van der Waals surface area (Å²) in [5, 5.41) is 13.4. The molecule has 1 atom stereocenters. The van der Waals surface area contributed by atoms with Crippen LogP contribution in [0.15, 0.2) is 18.2 Å². The standard InChI is InChI=1S/C18H25NO2/c20-17(11-8-13-4-1-2-5-13)15-9-10-16-14(12-15)6-3-7-18(21)19-16/h9-10,12-13,17,20H,1-8,11H2,(H,19,21). The number of hydrogen-bond donors (Lipinski definition) is 2. The Morgan fingerprint density at radius 2 is 2.00 bits per heavy atom. The number of aliphatic hydroxyl groups excluding tert-OH is 1. The molecule has 3 heteroatoms. The van der Waals surface area contributed by atoms with E-state index in [1.165, 1.54) is 31.2 Å². The SMILES string of the molecule is O=C1CCCc2cc(C(O)CCC3CCCC3)ccc2N1. The zero-order valence-electron chi connectivity index (χ0n) is 12.6. The highest BCUT2D eigenvalue weighted by Gasteiger charge is 2.19. The van der Waals surface area contributed by atoms with Gasteiger partial charge in [0, 0.05) is 12.1 Å². The van der Waals surface area contributed by atoms with Crippen molar-refractivity contribution < 1.29 is 9.90 Å². The first-order chi connectivity index (χ1) is 10.2. The van der Waals surface area contributed by atoms with E-state index in [4.69, 9.17) is 0 Å². The number of aliphatic hydroxyl groups is 1. The predicted octanol–water partition coefficient (Wildman–Crippen LogP) is 3.97. The van der Waals surface area contributed by atoms with E-state index in [2.05, 4.69) is 11.4 Å². The first-order valence-electron chi connectivity index (χ1n) is 8.33. The third kappa shape index (κ3) is 3.65. The second-order valence-electron chi connectivity index (χ2n) is 6.56. The minimum atomic E-state index is -0.366. The summed E-state index contributed by atoms with van der Waals surface area (Å²) in [6.45, 7) is 0. The highest BCUT2D eigenvalue weighted by molar-refractivity contribution is 5.92. The smallest absolute Gasteiger partial charge is 0.224 e. The van der Waals surface area contributed by atoms with Gasteiger partial charge in [-0.1, -0.05) is 37.8 Å². The van der Waals surface area contributed by atoms with Crippen LogP contribution in [0.4, 0.5) is 5.69 Å². The molecule has 0 saturated heterocycles. The number of benzene rings is 1. The van der Waals surface area contributed by atoms with E-state index < -0.39 is 0 Å². The number of carbonyl (C=O) groups excluding carboxylic acids is 1. The van der Waals surface area contributed by atoms with Crippen molar-refractivity contribution in [1.29, 1.82) is 0 Å². The van der Waals surface area contributed by atoms with E-state index in [1.54, 1.807) is 0 Å². The molecule has 1 aliphatic heterocycles. The van der Waals surface area contributed by atoms with Crippen LogP contribution in [-0.4, -0.2) is 11.0 Å². The maximum Gasteiger partial charge on any atom is 0.224 e. The Morgan fingerprint density at radius 3 is 2.81 bits per heavy atom. The molecule has 1 amide bonds. The largest absolute Gasteiger partial charge is 0.388 e. The Hall–Kier alpha value is -1.35. The van der Waals surface area contributed by atoms with Crippen LogP contribution >= 0.6 is 0 Å². The van der Waals surface area contributed by atoms with Crippen LogP contribution in [0, 0.1) is 5.92 Å². The number of aryl methyl sites for hydroxylation is 1. The number of anilines is 1. The van der Waals surface area contributed by atoms with Gasteiger partial charge in [0.2, 0.25) is 5.91 Å². The van der Waals surface area contributed by atoms with Gasteiger partial charge in [-0.05, 0) is 48.8 Å². The van der Waals surface area contributed by atoms with Crippen molar-refractivity contribution in [3.05, 3.63) is 29.3 Å². The van der Waals surface area contributed by atoms with Gasteiger partial charge in [-0.3, -0.25) is 4.79 Å². The second-order valence-corrected chi connectivity index (χ2v) is 6.56. The van der Waals surface area contributed by atoms with Crippen LogP contribution in [0.2, 0.25) is 0 Å². The quantitative estimate of drug-likeness (QED) is 0.880. The number of amides is 1. The normalized spacial score (nSPS) is 20.7. The molecule has 1 saturated carbocycles.